The van der Waals surface area contributed by atoms with Crippen LogP contribution in [0.1, 0.15) is 36.6 Å². The van der Waals surface area contributed by atoms with Gasteiger partial charge in [-0.25, -0.2) is 9.97 Å². The fourth-order valence-corrected chi connectivity index (χ4v) is 2.73. The van der Waals surface area contributed by atoms with Gasteiger partial charge < -0.3 is 0 Å². The molecule has 0 aliphatic rings. The van der Waals surface area contributed by atoms with Crippen molar-refractivity contribution in [3.8, 4) is 11.4 Å². The third kappa shape index (κ3) is 2.98. The molecule has 1 heterocycles. The molecule has 2 rings (SSSR count). The molecule has 0 amide bonds. The normalized spacial score (nSPS) is 11.1. The molecule has 19 heavy (non-hydrogen) atoms. The summed E-state index contributed by atoms with van der Waals surface area (Å²) in [6, 6.07) is 6.26. The van der Waals surface area contributed by atoms with Crippen molar-refractivity contribution in [3.05, 3.63) is 44.6 Å². The molecule has 0 fully saturated rings. The summed E-state index contributed by atoms with van der Waals surface area (Å²) in [4.78, 5) is 9.06. The van der Waals surface area contributed by atoms with Crippen LogP contribution in [0.15, 0.2) is 22.7 Å². The van der Waals surface area contributed by atoms with Gasteiger partial charge in [0.15, 0.2) is 5.82 Å². The Balaban J connectivity index is 2.66. The van der Waals surface area contributed by atoms with E-state index in [1.54, 1.807) is 0 Å². The highest BCUT2D eigenvalue weighted by Gasteiger charge is 2.15. The predicted molar refractivity (Wildman–Crippen MR) is 83.7 cm³/mol. The van der Waals surface area contributed by atoms with Crippen molar-refractivity contribution in [3.63, 3.8) is 0 Å². The lowest BCUT2D eigenvalue weighted by atomic mass is 10.0. The highest BCUT2D eigenvalue weighted by molar-refractivity contribution is 9.10. The average Bonchev–Trinajstić information content (AvgIpc) is 2.35. The first-order valence-corrected chi connectivity index (χ1v) is 7.37. The van der Waals surface area contributed by atoms with Gasteiger partial charge in [-0.2, -0.15) is 0 Å². The van der Waals surface area contributed by atoms with Crippen molar-refractivity contribution in [2.45, 2.75) is 33.6 Å². The first-order chi connectivity index (χ1) is 8.90. The van der Waals surface area contributed by atoms with E-state index in [0.29, 0.717) is 16.9 Å². The van der Waals surface area contributed by atoms with Crippen LogP contribution in [0.2, 0.25) is 5.15 Å². The van der Waals surface area contributed by atoms with Gasteiger partial charge in [-0.3, -0.25) is 0 Å². The number of aryl methyl sites for hydroxylation is 2. The number of benzene rings is 1. The molecule has 0 aliphatic carbocycles. The van der Waals surface area contributed by atoms with Crippen molar-refractivity contribution in [1.82, 2.24) is 9.97 Å². The monoisotopic (exact) mass is 338 g/mol. The van der Waals surface area contributed by atoms with E-state index in [1.807, 2.05) is 0 Å². The van der Waals surface area contributed by atoms with Gasteiger partial charge in [0.05, 0.1) is 10.2 Å². The zero-order valence-corrected chi connectivity index (χ0v) is 13.8. The molecule has 0 saturated heterocycles. The van der Waals surface area contributed by atoms with E-state index >= 15 is 0 Å². The van der Waals surface area contributed by atoms with Crippen molar-refractivity contribution in [2.75, 3.05) is 0 Å². The highest BCUT2D eigenvalue weighted by Crippen LogP contribution is 2.32. The highest BCUT2D eigenvalue weighted by atomic mass is 79.9. The summed E-state index contributed by atoms with van der Waals surface area (Å²) < 4.78 is 0.790. The molecule has 0 N–H and O–H groups in total. The Morgan fingerprint density at radius 2 is 1.84 bits per heavy atom. The smallest absolute Gasteiger partial charge is 0.161 e. The topological polar surface area (TPSA) is 25.8 Å². The minimum atomic E-state index is 0.291. The second-order valence-electron chi connectivity index (χ2n) is 5.01. The van der Waals surface area contributed by atoms with E-state index in [9.17, 15) is 0 Å². The van der Waals surface area contributed by atoms with E-state index in [4.69, 9.17) is 11.6 Å². The molecule has 0 aliphatic heterocycles. The zero-order valence-electron chi connectivity index (χ0n) is 11.5. The second-order valence-corrected chi connectivity index (χ2v) is 6.16. The van der Waals surface area contributed by atoms with Crippen LogP contribution in [0.4, 0.5) is 0 Å². The minimum Gasteiger partial charge on any atom is -0.232 e. The molecule has 0 bridgehead atoms. The Morgan fingerprint density at radius 3 is 2.47 bits per heavy atom. The molecule has 1 aromatic carbocycles. The zero-order chi connectivity index (χ0) is 14.2. The molecular formula is C15H16BrClN2. The van der Waals surface area contributed by atoms with E-state index in [0.717, 1.165) is 21.3 Å². The maximum atomic E-state index is 6.21. The van der Waals surface area contributed by atoms with Gasteiger partial charge >= 0.3 is 0 Å². The van der Waals surface area contributed by atoms with Gasteiger partial charge in [0, 0.05) is 5.56 Å². The minimum absolute atomic E-state index is 0.291. The molecule has 0 radical (unpaired) electrons. The van der Waals surface area contributed by atoms with Crippen molar-refractivity contribution < 1.29 is 0 Å². The quantitative estimate of drug-likeness (QED) is 0.694. The summed E-state index contributed by atoms with van der Waals surface area (Å²) in [7, 11) is 0. The van der Waals surface area contributed by atoms with Crippen LogP contribution in [0.5, 0.6) is 0 Å². The summed E-state index contributed by atoms with van der Waals surface area (Å²) in [6.07, 6.45) is 0. The molecule has 0 spiro atoms. The van der Waals surface area contributed by atoms with Gasteiger partial charge in [0.2, 0.25) is 0 Å². The van der Waals surface area contributed by atoms with Crippen molar-refractivity contribution in [1.29, 1.82) is 0 Å². The van der Waals surface area contributed by atoms with Gasteiger partial charge in [0.1, 0.15) is 5.15 Å². The second kappa shape index (κ2) is 5.59. The van der Waals surface area contributed by atoms with Crippen LogP contribution >= 0.6 is 27.5 Å². The predicted octanol–water partition coefficient (Wildman–Crippen LogP) is 5.30. The van der Waals surface area contributed by atoms with Crippen LogP contribution in [0.25, 0.3) is 11.4 Å². The molecule has 0 unspecified atom stereocenters. The molecule has 100 valence electrons. The third-order valence-corrected chi connectivity index (χ3v) is 4.30. The van der Waals surface area contributed by atoms with Gasteiger partial charge in [-0.05, 0) is 47.3 Å². The summed E-state index contributed by atoms with van der Waals surface area (Å²) in [6.45, 7) is 8.31. The maximum Gasteiger partial charge on any atom is 0.161 e. The van der Waals surface area contributed by atoms with E-state index in [2.05, 4.69) is 71.8 Å². The van der Waals surface area contributed by atoms with Crippen LogP contribution in [0, 0.1) is 13.8 Å². The Kier molecular flexibility index (Phi) is 4.26. The molecule has 0 atom stereocenters. The standard InChI is InChI=1S/C15H16BrClN2/c1-8(2)13-12(16)14(17)19-15(18-13)11-7-9(3)5-6-10(11)4/h5-8H,1-4H3. The molecular weight excluding hydrogens is 324 g/mol. The Morgan fingerprint density at radius 1 is 1.16 bits per heavy atom. The summed E-state index contributed by atoms with van der Waals surface area (Å²) >= 11 is 9.67. The van der Waals surface area contributed by atoms with Gasteiger partial charge in [-0.15, -0.1) is 0 Å². The Bertz CT molecular complexity index is 624. The Labute approximate surface area is 127 Å². The van der Waals surface area contributed by atoms with Crippen molar-refractivity contribution in [2.24, 2.45) is 0 Å². The van der Waals surface area contributed by atoms with E-state index in [1.165, 1.54) is 5.56 Å². The van der Waals surface area contributed by atoms with Crippen LogP contribution < -0.4 is 0 Å². The lowest BCUT2D eigenvalue weighted by Gasteiger charge is -2.12. The lowest BCUT2D eigenvalue weighted by Crippen LogP contribution is -2.01. The molecule has 0 saturated carbocycles. The molecule has 4 heteroatoms. The third-order valence-electron chi connectivity index (χ3n) is 3.02. The molecule has 2 aromatic rings. The largest absolute Gasteiger partial charge is 0.232 e. The maximum absolute atomic E-state index is 6.21. The lowest BCUT2D eigenvalue weighted by molar-refractivity contribution is 0.809. The van der Waals surface area contributed by atoms with Gasteiger partial charge in [-0.1, -0.05) is 43.1 Å². The summed E-state index contributed by atoms with van der Waals surface area (Å²) in [5.74, 6) is 0.983. The average molecular weight is 340 g/mol. The number of hydrogen-bond acceptors (Lipinski definition) is 2. The fourth-order valence-electron chi connectivity index (χ4n) is 1.92. The summed E-state index contributed by atoms with van der Waals surface area (Å²) in [5, 5.41) is 0.467. The number of rotatable bonds is 2. The molecule has 1 aromatic heterocycles. The van der Waals surface area contributed by atoms with Crippen molar-refractivity contribution >= 4 is 27.5 Å². The SMILES string of the molecule is Cc1ccc(C)c(-c2nc(Cl)c(Br)c(C(C)C)n2)c1. The van der Waals surface area contributed by atoms with Gasteiger partial charge in [0.25, 0.3) is 0 Å². The van der Waals surface area contributed by atoms with Crippen LogP contribution in [0.3, 0.4) is 0 Å². The number of halogens is 2. The number of hydrogen-bond donors (Lipinski definition) is 0. The fraction of sp³-hybridized carbons (Fsp3) is 0.333. The number of nitrogens with zero attached hydrogens (tertiary/aromatic N) is 2. The first kappa shape index (κ1) is 14.5. The molecule has 2 nitrogen and oxygen atoms in total. The Hall–Kier alpha value is -0.930. The first-order valence-electron chi connectivity index (χ1n) is 6.20. The number of aromatic nitrogens is 2. The van der Waals surface area contributed by atoms with Crippen LogP contribution in [-0.2, 0) is 0 Å². The van der Waals surface area contributed by atoms with Crippen LogP contribution in [-0.4, -0.2) is 9.97 Å². The van der Waals surface area contributed by atoms with E-state index < -0.39 is 0 Å². The van der Waals surface area contributed by atoms with E-state index in [-0.39, 0.29) is 0 Å². The summed E-state index contributed by atoms with van der Waals surface area (Å²) in [5.41, 5.74) is 4.32.